The molecule has 0 aliphatic heterocycles. The van der Waals surface area contributed by atoms with Gasteiger partial charge in [0.1, 0.15) is 0 Å². The molecule has 0 aliphatic rings. The van der Waals surface area contributed by atoms with Gasteiger partial charge in [0, 0.05) is 37.9 Å². The molecule has 1 aromatic carbocycles. The first-order chi connectivity index (χ1) is 14.1. The summed E-state index contributed by atoms with van der Waals surface area (Å²) in [5, 5.41) is 2.85. The number of para-hydroxylation sites is 1. The molecule has 7 heteroatoms. The number of pyridine rings is 2. The van der Waals surface area contributed by atoms with Crippen LogP contribution in [0.25, 0.3) is 5.52 Å². The van der Waals surface area contributed by atoms with Crippen LogP contribution in [0.15, 0.2) is 79.3 Å². The number of fused-ring (bicyclic) bond motifs is 1. The minimum Gasteiger partial charge on any atom is -0.347 e. The highest BCUT2D eigenvalue weighted by Crippen LogP contribution is 2.18. The Labute approximate surface area is 167 Å². The second-order valence-electron chi connectivity index (χ2n) is 6.48. The highest BCUT2D eigenvalue weighted by molar-refractivity contribution is 6.07. The van der Waals surface area contributed by atoms with Crippen LogP contribution in [0, 0.1) is 0 Å². The molecule has 0 saturated carbocycles. The van der Waals surface area contributed by atoms with Crippen molar-refractivity contribution >= 4 is 23.0 Å². The number of carbonyl (C=O) groups excluding carboxylic acids is 2. The summed E-state index contributed by atoms with van der Waals surface area (Å²) < 4.78 is 1.64. The number of nitrogens with one attached hydrogen (secondary N) is 1. The monoisotopic (exact) mass is 385 g/mol. The predicted molar refractivity (Wildman–Crippen MR) is 110 cm³/mol. The smallest absolute Gasteiger partial charge is 0.294 e. The van der Waals surface area contributed by atoms with E-state index in [2.05, 4.69) is 15.3 Å². The minimum atomic E-state index is -0.341. The molecule has 0 unspecified atom stereocenters. The number of hydrogen-bond acceptors (Lipinski definition) is 4. The molecule has 0 fully saturated rings. The molecule has 0 radical (unpaired) electrons. The third kappa shape index (κ3) is 3.70. The summed E-state index contributed by atoms with van der Waals surface area (Å²) in [4.78, 5) is 35.7. The van der Waals surface area contributed by atoms with Gasteiger partial charge in [0.15, 0.2) is 5.69 Å². The largest absolute Gasteiger partial charge is 0.347 e. The van der Waals surface area contributed by atoms with Crippen molar-refractivity contribution in [2.24, 2.45) is 0 Å². The summed E-state index contributed by atoms with van der Waals surface area (Å²) in [5.41, 5.74) is 2.46. The molecule has 2 amide bonds. The van der Waals surface area contributed by atoms with Gasteiger partial charge in [-0.1, -0.05) is 24.3 Å². The number of rotatable bonds is 5. The molecule has 7 nitrogen and oxygen atoms in total. The molecule has 144 valence electrons. The number of aromatic nitrogens is 3. The second-order valence-corrected chi connectivity index (χ2v) is 6.48. The van der Waals surface area contributed by atoms with Crippen LogP contribution in [0.2, 0.25) is 0 Å². The molecular formula is C22H19N5O2. The van der Waals surface area contributed by atoms with Gasteiger partial charge >= 0.3 is 0 Å². The first-order valence-corrected chi connectivity index (χ1v) is 9.12. The highest BCUT2D eigenvalue weighted by Gasteiger charge is 2.24. The number of benzene rings is 1. The topological polar surface area (TPSA) is 79.6 Å². The minimum absolute atomic E-state index is 0.181. The van der Waals surface area contributed by atoms with Crippen LogP contribution in [0.1, 0.15) is 26.7 Å². The summed E-state index contributed by atoms with van der Waals surface area (Å²) in [6.45, 7) is 0.348. The first-order valence-electron chi connectivity index (χ1n) is 9.12. The highest BCUT2D eigenvalue weighted by atomic mass is 16.2. The lowest BCUT2D eigenvalue weighted by atomic mass is 10.2. The molecule has 4 rings (SSSR count). The van der Waals surface area contributed by atoms with E-state index in [9.17, 15) is 9.59 Å². The van der Waals surface area contributed by atoms with Crippen molar-refractivity contribution in [1.82, 2.24) is 19.7 Å². The van der Waals surface area contributed by atoms with Crippen LogP contribution in [0.4, 0.5) is 5.69 Å². The third-order valence-electron chi connectivity index (χ3n) is 4.61. The van der Waals surface area contributed by atoms with Gasteiger partial charge in [0.05, 0.1) is 5.52 Å². The Bertz CT molecular complexity index is 1160. The van der Waals surface area contributed by atoms with Crippen molar-refractivity contribution in [3.63, 3.8) is 0 Å². The molecular weight excluding hydrogens is 366 g/mol. The van der Waals surface area contributed by atoms with E-state index >= 15 is 0 Å². The summed E-state index contributed by atoms with van der Waals surface area (Å²) in [6, 6.07) is 18.3. The number of nitrogens with zero attached hydrogens (tertiary/aromatic N) is 4. The van der Waals surface area contributed by atoms with Crippen LogP contribution in [0.3, 0.4) is 0 Å². The Hall–Kier alpha value is -4.00. The summed E-state index contributed by atoms with van der Waals surface area (Å²) in [5.74, 6) is -0.460. The summed E-state index contributed by atoms with van der Waals surface area (Å²) in [6.07, 6.45) is 5.07. The van der Waals surface area contributed by atoms with E-state index in [1.807, 2.05) is 48.5 Å². The summed E-state index contributed by atoms with van der Waals surface area (Å²) in [7, 11) is 1.69. The van der Waals surface area contributed by atoms with Gasteiger partial charge in [-0.3, -0.25) is 19.0 Å². The van der Waals surface area contributed by atoms with Crippen LogP contribution in [-0.2, 0) is 6.54 Å². The Kier molecular flexibility index (Phi) is 5.03. The lowest BCUT2D eigenvalue weighted by Crippen LogP contribution is -2.28. The zero-order chi connectivity index (χ0) is 20.2. The Morgan fingerprint density at radius 1 is 1.00 bits per heavy atom. The fourth-order valence-electron chi connectivity index (χ4n) is 3.04. The van der Waals surface area contributed by atoms with E-state index in [0.717, 1.165) is 11.3 Å². The van der Waals surface area contributed by atoms with Crippen molar-refractivity contribution in [3.05, 3.63) is 96.3 Å². The maximum Gasteiger partial charge on any atom is 0.294 e. The fourth-order valence-corrected chi connectivity index (χ4v) is 3.04. The van der Waals surface area contributed by atoms with Crippen LogP contribution >= 0.6 is 0 Å². The standard InChI is InChI=1S/C22H19N5O2/c1-26(17-7-3-2-4-8-17)22(29)20-25-19(18-9-5-6-14-27(18)20)21(28)24-15-16-10-12-23-13-11-16/h2-14H,15H2,1H3,(H,24,28). The lowest BCUT2D eigenvalue weighted by Gasteiger charge is -2.16. The number of amides is 2. The SMILES string of the molecule is CN(C(=O)c1nc(C(=O)NCc2ccncc2)c2ccccn12)c1ccccc1. The Morgan fingerprint density at radius 2 is 1.72 bits per heavy atom. The van der Waals surface area contributed by atoms with Gasteiger partial charge < -0.3 is 10.2 Å². The quantitative estimate of drug-likeness (QED) is 0.573. The number of anilines is 1. The molecule has 0 aliphatic carbocycles. The van der Waals surface area contributed by atoms with Crippen molar-refractivity contribution in [3.8, 4) is 0 Å². The average molecular weight is 385 g/mol. The molecule has 0 bridgehead atoms. The molecule has 0 saturated heterocycles. The maximum atomic E-state index is 13.1. The molecule has 29 heavy (non-hydrogen) atoms. The Morgan fingerprint density at radius 3 is 2.48 bits per heavy atom. The molecule has 3 aromatic heterocycles. The fraction of sp³-hybridized carbons (Fsp3) is 0.0909. The number of hydrogen-bond donors (Lipinski definition) is 1. The lowest BCUT2D eigenvalue weighted by molar-refractivity contribution is 0.0948. The molecule has 4 aromatic rings. The number of imidazole rings is 1. The van der Waals surface area contributed by atoms with Crippen molar-refractivity contribution < 1.29 is 9.59 Å². The summed E-state index contributed by atoms with van der Waals surface area (Å²) >= 11 is 0. The number of carbonyl (C=O) groups is 2. The zero-order valence-corrected chi connectivity index (χ0v) is 15.8. The zero-order valence-electron chi connectivity index (χ0n) is 15.8. The van der Waals surface area contributed by atoms with E-state index in [4.69, 9.17) is 0 Å². The normalized spacial score (nSPS) is 10.7. The molecule has 1 N–H and O–H groups in total. The van der Waals surface area contributed by atoms with Gasteiger partial charge in [-0.25, -0.2) is 4.98 Å². The van der Waals surface area contributed by atoms with E-state index in [1.165, 1.54) is 4.90 Å². The van der Waals surface area contributed by atoms with Crippen molar-refractivity contribution in [1.29, 1.82) is 0 Å². The van der Waals surface area contributed by atoms with E-state index < -0.39 is 0 Å². The predicted octanol–water partition coefficient (Wildman–Crippen LogP) is 2.94. The van der Waals surface area contributed by atoms with Crippen LogP contribution < -0.4 is 10.2 Å². The van der Waals surface area contributed by atoms with E-state index in [1.54, 1.807) is 42.2 Å². The van der Waals surface area contributed by atoms with Crippen LogP contribution in [0.5, 0.6) is 0 Å². The molecule has 0 atom stereocenters. The Balaban J connectivity index is 1.64. The van der Waals surface area contributed by atoms with Crippen molar-refractivity contribution in [2.75, 3.05) is 11.9 Å². The van der Waals surface area contributed by atoms with Crippen molar-refractivity contribution in [2.45, 2.75) is 6.54 Å². The van der Waals surface area contributed by atoms with E-state index in [-0.39, 0.29) is 23.3 Å². The average Bonchev–Trinajstić information content (AvgIpc) is 3.17. The molecule has 3 heterocycles. The van der Waals surface area contributed by atoms with Gasteiger partial charge in [0.25, 0.3) is 11.8 Å². The van der Waals surface area contributed by atoms with Gasteiger partial charge in [-0.05, 0) is 42.0 Å². The second kappa shape index (κ2) is 7.93. The third-order valence-corrected chi connectivity index (χ3v) is 4.61. The van der Waals surface area contributed by atoms with Crippen LogP contribution in [-0.4, -0.2) is 33.2 Å². The van der Waals surface area contributed by atoms with Gasteiger partial charge in [0.2, 0.25) is 5.82 Å². The molecule has 0 spiro atoms. The van der Waals surface area contributed by atoms with Gasteiger partial charge in [-0.15, -0.1) is 0 Å². The van der Waals surface area contributed by atoms with E-state index in [0.29, 0.717) is 12.1 Å². The first kappa shape index (κ1) is 18.4. The van der Waals surface area contributed by atoms with Gasteiger partial charge in [-0.2, -0.15) is 0 Å². The maximum absolute atomic E-state index is 13.1.